The van der Waals surface area contributed by atoms with Gasteiger partial charge in [-0.2, -0.15) is 0 Å². The van der Waals surface area contributed by atoms with Gasteiger partial charge in [-0.1, -0.05) is 12.1 Å². The second-order valence-corrected chi connectivity index (χ2v) is 2.58. The van der Waals surface area contributed by atoms with Gasteiger partial charge in [0.15, 0.2) is 0 Å². The van der Waals surface area contributed by atoms with E-state index in [2.05, 4.69) is 17.0 Å². The van der Waals surface area contributed by atoms with Gasteiger partial charge in [0, 0.05) is 0 Å². The van der Waals surface area contributed by atoms with Crippen LogP contribution in [0.4, 0.5) is 10.5 Å². The predicted octanol–water partition coefficient (Wildman–Crippen LogP) is -9.62. The van der Waals surface area contributed by atoms with Crippen molar-refractivity contribution in [2.75, 3.05) is 5.32 Å². The summed E-state index contributed by atoms with van der Waals surface area (Å²) in [5.41, 5.74) is 1.08. The number of carboxylic acid groups (broad SMARTS) is 2. The number of rotatable bonds is 0. The Balaban J connectivity index is -0.000000126. The molecule has 0 aliphatic carbocycles. The summed E-state index contributed by atoms with van der Waals surface area (Å²) in [6, 6.07) is 6.85. The minimum Gasteiger partial charge on any atom is -0.652 e. The van der Waals surface area contributed by atoms with Crippen molar-refractivity contribution in [2.45, 2.75) is 0 Å². The van der Waals surface area contributed by atoms with E-state index in [1.807, 2.05) is 0 Å². The Morgan fingerprint density at radius 3 is 1.85 bits per heavy atom. The molecule has 0 saturated heterocycles. The Bertz CT molecular complexity index is 439. The van der Waals surface area contributed by atoms with Crippen LogP contribution in [0.2, 0.25) is 0 Å². The van der Waals surface area contributed by atoms with Gasteiger partial charge in [0.25, 0.3) is 11.7 Å². The monoisotopic (exact) mass is 335 g/mol. The summed E-state index contributed by atoms with van der Waals surface area (Å²) in [6.07, 6.45) is -2.33. The van der Waals surface area contributed by atoms with E-state index in [0.717, 1.165) is 0 Å². The van der Waals surface area contributed by atoms with Crippen molar-refractivity contribution in [1.29, 1.82) is 0 Å². The van der Waals surface area contributed by atoms with Crippen LogP contribution in [0.5, 0.6) is 0 Å². The van der Waals surface area contributed by atoms with Crippen LogP contribution in [0, 0.1) is 0 Å². The fourth-order valence-corrected chi connectivity index (χ4v) is 1.09. The van der Waals surface area contributed by atoms with Crippen molar-refractivity contribution >= 4 is 23.5 Å². The standard InChI is InChI=1S/C8H5NO2.CH2O3.2K.H4N2.H2O/c10-7-5-3-1-2-4-6(5)9-8(7)11;2-1(3)4;;;1-2;/h1-4H,(H,9,10,11);(H2,2,3,4);;;1-2H2;1H2/q;;2*+1;;/p-2. The molecule has 0 radical (unpaired) electrons. The van der Waals surface area contributed by atoms with Crippen LogP contribution in [-0.4, -0.2) is 23.3 Å². The largest absolute Gasteiger partial charge is 1.00 e. The molecule has 1 amide bonds. The third-order valence-corrected chi connectivity index (χ3v) is 1.63. The molecular weight excluding hydrogens is 324 g/mol. The molecule has 7 N–H and O–H groups in total. The first kappa shape index (κ1) is 28.9. The Hall–Kier alpha value is 0.783. The first-order valence-electron chi connectivity index (χ1n) is 4.18. The number of amides is 1. The van der Waals surface area contributed by atoms with E-state index in [0.29, 0.717) is 11.3 Å². The molecule has 20 heavy (non-hydrogen) atoms. The molecule has 0 spiro atoms. The molecule has 1 heterocycles. The van der Waals surface area contributed by atoms with Crippen molar-refractivity contribution in [3.8, 4) is 0 Å². The molecule has 0 aromatic heterocycles. The van der Waals surface area contributed by atoms with Crippen molar-refractivity contribution in [3.05, 3.63) is 29.8 Å². The molecule has 2 rings (SSSR count). The maximum absolute atomic E-state index is 11.0. The number of hydrogen-bond acceptors (Lipinski definition) is 7. The van der Waals surface area contributed by atoms with Crippen LogP contribution >= 0.6 is 0 Å². The molecule has 1 aliphatic rings. The number of carbonyl (C=O) groups excluding carboxylic acids is 3. The summed E-state index contributed by atoms with van der Waals surface area (Å²) in [7, 11) is 0. The van der Waals surface area contributed by atoms with E-state index >= 15 is 0 Å². The molecule has 0 saturated carbocycles. The second kappa shape index (κ2) is 16.2. The molecule has 1 aliphatic heterocycles. The van der Waals surface area contributed by atoms with Crippen LogP contribution in [0.1, 0.15) is 10.4 Å². The summed E-state index contributed by atoms with van der Waals surface area (Å²) < 4.78 is 0. The first-order valence-corrected chi connectivity index (χ1v) is 4.18. The number of nitrogens with two attached hydrogens (primary N) is 2. The summed E-state index contributed by atoms with van der Waals surface area (Å²) in [4.78, 5) is 30.1. The van der Waals surface area contributed by atoms with E-state index in [1.54, 1.807) is 24.3 Å². The first-order chi connectivity index (χ1) is 8.02. The Morgan fingerprint density at radius 2 is 1.45 bits per heavy atom. The molecule has 1 aromatic rings. The molecule has 0 fully saturated rings. The van der Waals surface area contributed by atoms with Gasteiger partial charge in [0.05, 0.1) is 11.3 Å². The third-order valence-electron chi connectivity index (χ3n) is 1.63. The summed E-state index contributed by atoms with van der Waals surface area (Å²) in [6.45, 7) is 0. The fourth-order valence-electron chi connectivity index (χ4n) is 1.09. The number of ketones is 1. The zero-order valence-electron chi connectivity index (χ0n) is 11.0. The van der Waals surface area contributed by atoms with E-state index < -0.39 is 17.8 Å². The summed E-state index contributed by atoms with van der Waals surface area (Å²) >= 11 is 0. The number of nitrogens with one attached hydrogen (secondary N) is 1. The summed E-state index contributed by atoms with van der Waals surface area (Å²) in [5.74, 6) is 7.02. The number of anilines is 1. The van der Waals surface area contributed by atoms with Gasteiger partial charge in [-0.05, 0) is 18.3 Å². The normalized spacial score (nSPS) is 9.50. The molecule has 0 atom stereocenters. The van der Waals surface area contributed by atoms with Crippen LogP contribution in [0.25, 0.3) is 0 Å². The fraction of sp³-hybridized carbons (Fsp3) is 0. The number of carbonyl (C=O) groups is 3. The molecule has 9 nitrogen and oxygen atoms in total. The predicted molar refractivity (Wildman–Crippen MR) is 56.8 cm³/mol. The number of para-hydroxylation sites is 1. The zero-order valence-corrected chi connectivity index (χ0v) is 17.3. The van der Waals surface area contributed by atoms with Crippen molar-refractivity contribution in [1.82, 2.24) is 0 Å². The van der Waals surface area contributed by atoms with E-state index in [-0.39, 0.29) is 108 Å². The molecule has 0 bridgehead atoms. The van der Waals surface area contributed by atoms with Gasteiger partial charge in [0.2, 0.25) is 0 Å². The van der Waals surface area contributed by atoms with Crippen molar-refractivity contribution in [3.63, 3.8) is 0 Å². The Labute approximate surface area is 199 Å². The maximum atomic E-state index is 11.0. The SMILES string of the molecule is NN.O.O=C([O-])[O-].O=C1Nc2ccccc2C1=O.[K+].[K+]. The average Bonchev–Trinajstić information content (AvgIpc) is 2.58. The maximum Gasteiger partial charge on any atom is 1.00 e. The van der Waals surface area contributed by atoms with E-state index in [1.165, 1.54) is 0 Å². The van der Waals surface area contributed by atoms with Crippen molar-refractivity contribution in [2.24, 2.45) is 11.7 Å². The van der Waals surface area contributed by atoms with Crippen molar-refractivity contribution < 1.29 is 133 Å². The van der Waals surface area contributed by atoms with Gasteiger partial charge >= 0.3 is 103 Å². The van der Waals surface area contributed by atoms with Gasteiger partial charge in [-0.15, -0.1) is 0 Å². The zero-order chi connectivity index (χ0) is 13.4. The topological polar surface area (TPSA) is 193 Å². The second-order valence-electron chi connectivity index (χ2n) is 2.58. The smallest absolute Gasteiger partial charge is 0.652 e. The van der Waals surface area contributed by atoms with Crippen LogP contribution in [0.3, 0.4) is 0 Å². The number of fused-ring (bicyclic) bond motifs is 1. The molecule has 1 aromatic carbocycles. The molecule has 0 unspecified atom stereocenters. The van der Waals surface area contributed by atoms with Gasteiger partial charge < -0.3 is 25.8 Å². The van der Waals surface area contributed by atoms with Crippen LogP contribution in [-0.2, 0) is 4.79 Å². The number of hydrazine groups is 1. The Kier molecular flexibility index (Phi) is 23.3. The molecule has 100 valence electrons. The number of Topliss-reactive ketones (excluding diaryl/α,β-unsaturated/α-hetero) is 1. The van der Waals surface area contributed by atoms with Gasteiger partial charge in [0.1, 0.15) is 0 Å². The van der Waals surface area contributed by atoms with E-state index in [9.17, 15) is 9.59 Å². The molecule has 11 heteroatoms. The van der Waals surface area contributed by atoms with Gasteiger partial charge in [-0.25, -0.2) is 0 Å². The number of benzene rings is 1. The minimum absolute atomic E-state index is 0. The van der Waals surface area contributed by atoms with Crippen LogP contribution in [0.15, 0.2) is 24.3 Å². The number of hydrogen-bond donors (Lipinski definition) is 3. The Morgan fingerprint density at radius 1 is 1.05 bits per heavy atom. The van der Waals surface area contributed by atoms with Gasteiger partial charge in [-0.3, -0.25) is 21.3 Å². The van der Waals surface area contributed by atoms with Crippen LogP contribution < -0.4 is 130 Å². The minimum atomic E-state index is -2.33. The average molecular weight is 335 g/mol. The third kappa shape index (κ3) is 10.5. The van der Waals surface area contributed by atoms with E-state index in [4.69, 9.17) is 15.0 Å². The summed E-state index contributed by atoms with van der Waals surface area (Å²) in [5, 5.41) is 19.1. The quantitative estimate of drug-likeness (QED) is 0.181. The molecular formula is C9H11K2N3O6.